The van der Waals surface area contributed by atoms with Gasteiger partial charge < -0.3 is 15.2 Å². The van der Waals surface area contributed by atoms with Crippen LogP contribution in [0.15, 0.2) is 77.0 Å². The number of hydrogen-bond donors (Lipinski definition) is 2. The maximum atomic E-state index is 13.3. The van der Waals surface area contributed by atoms with Crippen molar-refractivity contribution in [3.05, 3.63) is 104 Å². The predicted octanol–water partition coefficient (Wildman–Crippen LogP) is 6.29. The first kappa shape index (κ1) is 27.1. The maximum absolute atomic E-state index is 13.3. The van der Waals surface area contributed by atoms with Gasteiger partial charge in [0.25, 0.3) is 11.5 Å². The zero-order valence-corrected chi connectivity index (χ0v) is 22.4. The number of anilines is 2. The molecule has 7 nitrogen and oxygen atoms in total. The molecule has 0 radical (unpaired) electrons. The first-order valence-corrected chi connectivity index (χ1v) is 13.2. The lowest BCUT2D eigenvalue weighted by Gasteiger charge is -2.15. The summed E-state index contributed by atoms with van der Waals surface area (Å²) in [6, 6.07) is 15.2. The standard InChI is InChI=1S/C29H24F3N5O2S/c1-17-8-9-21(35-26(38)18-5-3-6-20(13-18)29(30,31)32)15-23(17)24-14-19-16-34-28(36-25(19)27(39)37(24)2)33-11-10-22-7-4-12-40-22/h3-9,12-16H,10-11H2,1-2H3,(H,35,38)(H,33,34,36). The minimum Gasteiger partial charge on any atom is -0.354 e. The molecule has 0 aliphatic carbocycles. The molecular formula is C29H24F3N5O2S. The van der Waals surface area contributed by atoms with Gasteiger partial charge in [-0.25, -0.2) is 9.97 Å². The van der Waals surface area contributed by atoms with Gasteiger partial charge in [-0.2, -0.15) is 13.2 Å². The average molecular weight is 564 g/mol. The number of amides is 1. The van der Waals surface area contributed by atoms with Gasteiger partial charge in [0.05, 0.1) is 11.3 Å². The molecule has 0 aliphatic heterocycles. The summed E-state index contributed by atoms with van der Waals surface area (Å²) in [6.45, 7) is 2.49. The summed E-state index contributed by atoms with van der Waals surface area (Å²) in [5, 5.41) is 8.39. The van der Waals surface area contributed by atoms with Gasteiger partial charge in [-0.3, -0.25) is 9.59 Å². The highest BCUT2D eigenvalue weighted by Gasteiger charge is 2.31. The zero-order chi connectivity index (χ0) is 28.4. The molecule has 0 unspecified atom stereocenters. The Bertz CT molecular complexity index is 1760. The number of pyridine rings is 1. The van der Waals surface area contributed by atoms with Gasteiger partial charge in [0.15, 0.2) is 0 Å². The van der Waals surface area contributed by atoms with Gasteiger partial charge in [0, 0.05) is 46.9 Å². The molecule has 2 aromatic carbocycles. The Balaban J connectivity index is 1.41. The normalized spacial score (nSPS) is 11.5. The second-order valence-electron chi connectivity index (χ2n) is 9.21. The van der Waals surface area contributed by atoms with Gasteiger partial charge in [-0.1, -0.05) is 18.2 Å². The molecule has 0 spiro atoms. The number of halogens is 3. The van der Waals surface area contributed by atoms with Crippen molar-refractivity contribution in [1.82, 2.24) is 14.5 Å². The minimum atomic E-state index is -4.56. The Kier molecular flexibility index (Phi) is 7.40. The first-order valence-electron chi connectivity index (χ1n) is 12.3. The first-order chi connectivity index (χ1) is 19.1. The van der Waals surface area contributed by atoms with Gasteiger partial charge in [0.1, 0.15) is 5.52 Å². The molecule has 3 heterocycles. The molecule has 5 aromatic rings. The number of aromatic nitrogens is 3. The van der Waals surface area contributed by atoms with Crippen molar-refractivity contribution in [2.75, 3.05) is 17.2 Å². The largest absolute Gasteiger partial charge is 0.416 e. The number of rotatable bonds is 7. The Morgan fingerprint density at radius 2 is 1.90 bits per heavy atom. The number of carbonyl (C=O) groups excluding carboxylic acids is 1. The topological polar surface area (TPSA) is 88.9 Å². The van der Waals surface area contributed by atoms with E-state index in [0.29, 0.717) is 34.8 Å². The number of nitrogens with one attached hydrogen (secondary N) is 2. The van der Waals surface area contributed by atoms with Crippen LogP contribution in [0, 0.1) is 6.92 Å². The monoisotopic (exact) mass is 563 g/mol. The highest BCUT2D eigenvalue weighted by Crippen LogP contribution is 2.31. The van der Waals surface area contributed by atoms with Crippen LogP contribution in [-0.2, 0) is 19.6 Å². The van der Waals surface area contributed by atoms with Crippen LogP contribution in [0.4, 0.5) is 24.8 Å². The number of thiophene rings is 1. The van der Waals surface area contributed by atoms with Crippen LogP contribution in [0.5, 0.6) is 0 Å². The third kappa shape index (κ3) is 5.74. The number of hydrogen-bond acceptors (Lipinski definition) is 6. The molecule has 40 heavy (non-hydrogen) atoms. The van der Waals surface area contributed by atoms with Crippen molar-refractivity contribution in [1.29, 1.82) is 0 Å². The third-order valence-electron chi connectivity index (χ3n) is 6.44. The number of nitrogens with zero attached hydrogens (tertiary/aromatic N) is 3. The van der Waals surface area contributed by atoms with Crippen LogP contribution in [0.3, 0.4) is 0 Å². The Labute approximate surface area is 231 Å². The number of alkyl halides is 3. The van der Waals surface area contributed by atoms with Crippen molar-refractivity contribution in [3.63, 3.8) is 0 Å². The van der Waals surface area contributed by atoms with E-state index in [0.717, 1.165) is 24.1 Å². The molecule has 0 saturated carbocycles. The predicted molar refractivity (Wildman–Crippen MR) is 151 cm³/mol. The SMILES string of the molecule is Cc1ccc(NC(=O)c2cccc(C(F)(F)F)c2)cc1-c1cc2cnc(NCCc3cccs3)nc2c(=O)n1C. The van der Waals surface area contributed by atoms with E-state index in [2.05, 4.69) is 26.7 Å². The minimum absolute atomic E-state index is 0.119. The summed E-state index contributed by atoms with van der Waals surface area (Å²) in [5.41, 5.74) is 1.39. The molecule has 204 valence electrons. The zero-order valence-electron chi connectivity index (χ0n) is 21.5. The molecule has 0 aliphatic rings. The lowest BCUT2D eigenvalue weighted by atomic mass is 10.0. The highest BCUT2D eigenvalue weighted by atomic mass is 32.1. The quantitative estimate of drug-likeness (QED) is 0.243. The fraction of sp³-hybridized carbons (Fsp3) is 0.172. The van der Waals surface area contributed by atoms with Crippen molar-refractivity contribution in [2.24, 2.45) is 7.05 Å². The van der Waals surface area contributed by atoms with Crippen LogP contribution < -0.4 is 16.2 Å². The van der Waals surface area contributed by atoms with E-state index in [4.69, 9.17) is 0 Å². The van der Waals surface area contributed by atoms with Gasteiger partial charge in [-0.05, 0) is 66.8 Å². The van der Waals surface area contributed by atoms with Crippen LogP contribution in [0.25, 0.3) is 22.2 Å². The van der Waals surface area contributed by atoms with Gasteiger partial charge in [-0.15, -0.1) is 11.3 Å². The van der Waals surface area contributed by atoms with E-state index in [1.165, 1.54) is 21.6 Å². The second kappa shape index (κ2) is 10.9. The van der Waals surface area contributed by atoms with Gasteiger partial charge in [0.2, 0.25) is 5.95 Å². The smallest absolute Gasteiger partial charge is 0.354 e. The van der Waals surface area contributed by atoms with E-state index in [1.807, 2.05) is 18.4 Å². The van der Waals surface area contributed by atoms with Crippen molar-refractivity contribution < 1.29 is 18.0 Å². The fourth-order valence-electron chi connectivity index (χ4n) is 4.29. The van der Waals surface area contributed by atoms with E-state index in [1.54, 1.807) is 48.8 Å². The Hall–Kier alpha value is -4.51. The summed E-state index contributed by atoms with van der Waals surface area (Å²) in [6.07, 6.45) is -2.15. The maximum Gasteiger partial charge on any atom is 0.416 e. The molecule has 1 amide bonds. The summed E-state index contributed by atoms with van der Waals surface area (Å²) in [4.78, 5) is 36.1. The van der Waals surface area contributed by atoms with Crippen LogP contribution in [0.2, 0.25) is 0 Å². The molecule has 3 aromatic heterocycles. The molecular weight excluding hydrogens is 539 g/mol. The van der Waals surface area contributed by atoms with E-state index < -0.39 is 17.6 Å². The van der Waals surface area contributed by atoms with Crippen LogP contribution >= 0.6 is 11.3 Å². The molecule has 11 heteroatoms. The van der Waals surface area contributed by atoms with Crippen LogP contribution in [0.1, 0.15) is 26.4 Å². The Morgan fingerprint density at radius 1 is 1.07 bits per heavy atom. The van der Waals surface area contributed by atoms with Gasteiger partial charge >= 0.3 is 6.18 Å². The second-order valence-corrected chi connectivity index (χ2v) is 10.2. The number of aryl methyl sites for hydroxylation is 1. The Morgan fingerprint density at radius 3 is 2.65 bits per heavy atom. The molecule has 0 atom stereocenters. The molecule has 5 rings (SSSR count). The number of carbonyl (C=O) groups is 1. The fourth-order valence-corrected chi connectivity index (χ4v) is 5.00. The van der Waals surface area contributed by atoms with E-state index in [-0.39, 0.29) is 16.6 Å². The van der Waals surface area contributed by atoms with E-state index in [9.17, 15) is 22.8 Å². The number of fused-ring (bicyclic) bond motifs is 1. The lowest BCUT2D eigenvalue weighted by molar-refractivity contribution is -0.137. The third-order valence-corrected chi connectivity index (χ3v) is 7.37. The van der Waals surface area contributed by atoms with E-state index >= 15 is 0 Å². The number of benzene rings is 2. The summed E-state index contributed by atoms with van der Waals surface area (Å²) in [5.74, 6) is -0.315. The molecule has 0 fully saturated rings. The highest BCUT2D eigenvalue weighted by molar-refractivity contribution is 7.09. The molecule has 0 saturated heterocycles. The summed E-state index contributed by atoms with van der Waals surface area (Å²) in [7, 11) is 1.64. The van der Waals surface area contributed by atoms with Crippen molar-refractivity contribution in [3.8, 4) is 11.3 Å². The van der Waals surface area contributed by atoms with Crippen LogP contribution in [-0.4, -0.2) is 27.0 Å². The average Bonchev–Trinajstić information content (AvgIpc) is 3.45. The van der Waals surface area contributed by atoms with Crippen molar-refractivity contribution in [2.45, 2.75) is 19.5 Å². The van der Waals surface area contributed by atoms with Crippen molar-refractivity contribution >= 4 is 39.8 Å². The molecule has 0 bridgehead atoms. The summed E-state index contributed by atoms with van der Waals surface area (Å²) < 4.78 is 40.7. The lowest BCUT2D eigenvalue weighted by Crippen LogP contribution is -2.21. The molecule has 2 N–H and O–H groups in total. The summed E-state index contributed by atoms with van der Waals surface area (Å²) >= 11 is 1.67.